The molecule has 1 unspecified atom stereocenters. The monoisotopic (exact) mass is 307 g/mol. The Balaban J connectivity index is 2.07. The van der Waals surface area contributed by atoms with Crippen LogP contribution in [-0.2, 0) is 0 Å². The molecule has 3 aromatic rings. The third kappa shape index (κ3) is 2.01. The van der Waals surface area contributed by atoms with Crippen LogP contribution in [0.15, 0.2) is 56.9 Å². The summed E-state index contributed by atoms with van der Waals surface area (Å²) in [6.07, 6.45) is 7.57. The van der Waals surface area contributed by atoms with Crippen molar-refractivity contribution in [3.05, 3.63) is 58.5 Å². The van der Waals surface area contributed by atoms with Crippen LogP contribution >= 0.6 is 0 Å². The summed E-state index contributed by atoms with van der Waals surface area (Å²) in [6.45, 7) is 0. The van der Waals surface area contributed by atoms with Gasteiger partial charge in [-0.15, -0.1) is 0 Å². The van der Waals surface area contributed by atoms with Crippen molar-refractivity contribution in [3.8, 4) is 11.5 Å². The molecule has 0 fully saturated rings. The van der Waals surface area contributed by atoms with Crippen LogP contribution in [0, 0.1) is 0 Å². The molecule has 0 amide bonds. The summed E-state index contributed by atoms with van der Waals surface area (Å²) in [4.78, 5) is 17.3. The molecule has 114 valence electrons. The molecule has 4 rings (SSSR count). The van der Waals surface area contributed by atoms with Gasteiger partial charge in [-0.05, 0) is 36.8 Å². The Morgan fingerprint density at radius 2 is 1.96 bits per heavy atom. The van der Waals surface area contributed by atoms with Crippen molar-refractivity contribution in [1.29, 1.82) is 0 Å². The Bertz CT molecular complexity index is 1050. The average Bonchev–Trinajstić information content (AvgIpc) is 2.59. The number of dihydropyridines is 1. The highest BCUT2D eigenvalue weighted by Crippen LogP contribution is 2.36. The number of phenols is 2. The van der Waals surface area contributed by atoms with Crippen LogP contribution in [-0.4, -0.2) is 16.4 Å². The minimum atomic E-state index is -0.262. The number of aliphatic imine (C=N–C) groups is 1. The predicted molar refractivity (Wildman–Crippen MR) is 88.3 cm³/mol. The fraction of sp³-hybridized carbons (Fsp3) is 0.111. The third-order valence-corrected chi connectivity index (χ3v) is 4.12. The maximum atomic E-state index is 12.9. The average molecular weight is 307 g/mol. The van der Waals surface area contributed by atoms with E-state index in [1.165, 1.54) is 12.3 Å². The highest BCUT2D eigenvalue weighted by atomic mass is 16.3. The van der Waals surface area contributed by atoms with Crippen LogP contribution in [0.2, 0.25) is 0 Å². The zero-order valence-corrected chi connectivity index (χ0v) is 12.1. The van der Waals surface area contributed by atoms with Gasteiger partial charge in [-0.25, -0.2) is 0 Å². The maximum Gasteiger partial charge on any atom is 0.198 e. The van der Waals surface area contributed by atoms with Crippen LogP contribution in [0.5, 0.6) is 11.5 Å². The molecule has 2 aromatic carbocycles. The Morgan fingerprint density at radius 1 is 1.13 bits per heavy atom. The van der Waals surface area contributed by atoms with Crippen molar-refractivity contribution in [1.82, 2.24) is 0 Å². The molecule has 2 heterocycles. The fourth-order valence-electron chi connectivity index (χ4n) is 2.94. The summed E-state index contributed by atoms with van der Waals surface area (Å²) in [5, 5.41) is 21.0. The van der Waals surface area contributed by atoms with Gasteiger partial charge in [0.25, 0.3) is 0 Å². The number of phenolic OH excluding ortho intramolecular Hbond substituents is 2. The van der Waals surface area contributed by atoms with Gasteiger partial charge in [-0.3, -0.25) is 9.79 Å². The smallest absolute Gasteiger partial charge is 0.198 e. The second-order valence-corrected chi connectivity index (χ2v) is 5.47. The molecule has 0 aliphatic carbocycles. The zero-order valence-electron chi connectivity index (χ0n) is 12.1. The number of hydrogen-bond acceptors (Lipinski definition) is 5. The number of benzene rings is 2. The van der Waals surface area contributed by atoms with E-state index in [1.807, 2.05) is 12.2 Å². The van der Waals surface area contributed by atoms with Crippen molar-refractivity contribution in [2.75, 3.05) is 0 Å². The molecule has 0 saturated heterocycles. The first kappa shape index (κ1) is 13.6. The Kier molecular flexibility index (Phi) is 2.94. The molecule has 0 radical (unpaired) electrons. The SMILES string of the molecule is O=c1c(C2CC=CC=N2)coc2ccc3c(O)c(O)ccc3c12. The molecule has 23 heavy (non-hydrogen) atoms. The van der Waals surface area contributed by atoms with E-state index in [0.717, 1.165) is 0 Å². The quantitative estimate of drug-likeness (QED) is 0.533. The lowest BCUT2D eigenvalue weighted by atomic mass is 9.99. The number of fused-ring (bicyclic) bond motifs is 3. The van der Waals surface area contributed by atoms with Gasteiger partial charge in [-0.1, -0.05) is 6.08 Å². The summed E-state index contributed by atoms with van der Waals surface area (Å²) < 4.78 is 5.61. The van der Waals surface area contributed by atoms with E-state index in [-0.39, 0.29) is 23.0 Å². The van der Waals surface area contributed by atoms with Gasteiger partial charge in [0.1, 0.15) is 11.8 Å². The fourth-order valence-corrected chi connectivity index (χ4v) is 2.94. The molecule has 0 bridgehead atoms. The molecule has 1 aliphatic rings. The second kappa shape index (κ2) is 4.98. The number of hydrogen-bond donors (Lipinski definition) is 2. The van der Waals surface area contributed by atoms with Gasteiger partial charge in [0.15, 0.2) is 16.9 Å². The van der Waals surface area contributed by atoms with Crippen LogP contribution < -0.4 is 5.43 Å². The van der Waals surface area contributed by atoms with E-state index in [0.29, 0.717) is 33.7 Å². The first-order valence-electron chi connectivity index (χ1n) is 7.24. The number of aromatic hydroxyl groups is 2. The Hall–Kier alpha value is -3.08. The summed E-state index contributed by atoms with van der Waals surface area (Å²) in [6, 6.07) is 5.95. The lowest BCUT2D eigenvalue weighted by Crippen LogP contribution is -2.13. The Labute approximate surface area is 130 Å². The molecule has 2 N–H and O–H groups in total. The van der Waals surface area contributed by atoms with Crippen molar-refractivity contribution < 1.29 is 14.6 Å². The van der Waals surface area contributed by atoms with E-state index in [4.69, 9.17) is 4.42 Å². The minimum absolute atomic E-state index is 0.167. The van der Waals surface area contributed by atoms with E-state index in [2.05, 4.69) is 4.99 Å². The zero-order chi connectivity index (χ0) is 16.0. The van der Waals surface area contributed by atoms with Gasteiger partial charge in [0.05, 0.1) is 17.0 Å². The number of nitrogens with zero attached hydrogens (tertiary/aromatic N) is 1. The maximum absolute atomic E-state index is 12.9. The van der Waals surface area contributed by atoms with Crippen LogP contribution in [0.4, 0.5) is 0 Å². The van der Waals surface area contributed by atoms with Crippen molar-refractivity contribution in [3.63, 3.8) is 0 Å². The van der Waals surface area contributed by atoms with Crippen LogP contribution in [0.3, 0.4) is 0 Å². The van der Waals surface area contributed by atoms with E-state index in [1.54, 1.807) is 24.4 Å². The molecule has 1 aliphatic heterocycles. The lowest BCUT2D eigenvalue weighted by molar-refractivity contribution is 0.408. The van der Waals surface area contributed by atoms with Gasteiger partial charge >= 0.3 is 0 Å². The number of allylic oxidation sites excluding steroid dienone is 1. The van der Waals surface area contributed by atoms with Gasteiger partial charge in [-0.2, -0.15) is 0 Å². The molecule has 5 nitrogen and oxygen atoms in total. The standard InChI is InChI=1S/C18H13NO4/c20-14-6-4-10-11(17(14)21)5-7-15-16(10)18(22)12(9-23-15)13-3-1-2-8-19-13/h1-2,4-9,13,20-21H,3H2. The van der Waals surface area contributed by atoms with Crippen LogP contribution in [0.25, 0.3) is 21.7 Å². The normalized spacial score (nSPS) is 17.1. The first-order chi connectivity index (χ1) is 11.2. The highest BCUT2D eigenvalue weighted by Gasteiger charge is 2.19. The summed E-state index contributed by atoms with van der Waals surface area (Å²) in [7, 11) is 0. The van der Waals surface area contributed by atoms with Crippen molar-refractivity contribution in [2.24, 2.45) is 4.99 Å². The lowest BCUT2D eigenvalue weighted by Gasteiger charge is -2.13. The summed E-state index contributed by atoms with van der Waals surface area (Å²) >= 11 is 0. The minimum Gasteiger partial charge on any atom is -0.504 e. The Morgan fingerprint density at radius 3 is 2.74 bits per heavy atom. The summed E-state index contributed by atoms with van der Waals surface area (Å²) in [5.41, 5.74) is 0.754. The first-order valence-corrected chi connectivity index (χ1v) is 7.24. The largest absolute Gasteiger partial charge is 0.504 e. The van der Waals surface area contributed by atoms with Gasteiger partial charge in [0, 0.05) is 17.0 Å². The molecule has 0 spiro atoms. The molecule has 1 aromatic heterocycles. The van der Waals surface area contributed by atoms with Gasteiger partial charge < -0.3 is 14.6 Å². The predicted octanol–water partition coefficient (Wildman–Crippen LogP) is 3.43. The van der Waals surface area contributed by atoms with Crippen molar-refractivity contribution >= 4 is 28.0 Å². The molecular weight excluding hydrogens is 294 g/mol. The van der Waals surface area contributed by atoms with Crippen molar-refractivity contribution in [2.45, 2.75) is 12.5 Å². The highest BCUT2D eigenvalue weighted by molar-refractivity contribution is 6.08. The van der Waals surface area contributed by atoms with Gasteiger partial charge in [0.2, 0.25) is 0 Å². The molecule has 5 heteroatoms. The molecule has 0 saturated carbocycles. The molecular formula is C18H13NO4. The van der Waals surface area contributed by atoms with E-state index in [9.17, 15) is 15.0 Å². The van der Waals surface area contributed by atoms with Crippen LogP contribution in [0.1, 0.15) is 18.0 Å². The number of rotatable bonds is 1. The summed E-state index contributed by atoms with van der Waals surface area (Å²) in [5.74, 6) is -0.466. The second-order valence-electron chi connectivity index (χ2n) is 5.47. The van der Waals surface area contributed by atoms with E-state index >= 15 is 0 Å². The van der Waals surface area contributed by atoms with E-state index < -0.39 is 0 Å². The topological polar surface area (TPSA) is 83.0 Å². The molecule has 1 atom stereocenters. The third-order valence-electron chi connectivity index (χ3n) is 4.12.